The SMILES string of the molecule is CCCCCCCCN(CCCCCCCC)C(=O)CC(=O)NCCCCCCNC(=O)OC(C)(C)C. The Balaban J connectivity index is 4.13. The van der Waals surface area contributed by atoms with Crippen LogP contribution < -0.4 is 10.6 Å². The number of hydrogen-bond acceptors (Lipinski definition) is 4. The zero-order valence-corrected chi connectivity index (χ0v) is 24.9. The highest BCUT2D eigenvalue weighted by Crippen LogP contribution is 2.10. The van der Waals surface area contributed by atoms with Gasteiger partial charge in [-0.15, -0.1) is 0 Å². The van der Waals surface area contributed by atoms with E-state index in [0.717, 1.165) is 64.5 Å². The van der Waals surface area contributed by atoms with Crippen LogP contribution in [0.2, 0.25) is 0 Å². The number of alkyl carbamates (subject to hydrolysis) is 1. The second-order valence-corrected chi connectivity index (χ2v) is 11.3. The van der Waals surface area contributed by atoms with Gasteiger partial charge in [0.05, 0.1) is 0 Å². The van der Waals surface area contributed by atoms with Gasteiger partial charge in [-0.25, -0.2) is 4.79 Å². The van der Waals surface area contributed by atoms with Crippen molar-refractivity contribution in [3.05, 3.63) is 0 Å². The summed E-state index contributed by atoms with van der Waals surface area (Å²) >= 11 is 0. The van der Waals surface area contributed by atoms with Crippen LogP contribution >= 0.6 is 0 Å². The zero-order chi connectivity index (χ0) is 27.8. The van der Waals surface area contributed by atoms with Gasteiger partial charge in [0.15, 0.2) is 0 Å². The Labute approximate surface area is 228 Å². The molecular formula is C30H59N3O4. The van der Waals surface area contributed by atoms with Crippen molar-refractivity contribution in [3.8, 4) is 0 Å². The van der Waals surface area contributed by atoms with E-state index in [0.29, 0.717) is 13.1 Å². The van der Waals surface area contributed by atoms with Crippen molar-refractivity contribution in [1.82, 2.24) is 15.5 Å². The summed E-state index contributed by atoms with van der Waals surface area (Å²) in [5.41, 5.74) is -0.483. The molecule has 7 nitrogen and oxygen atoms in total. The summed E-state index contributed by atoms with van der Waals surface area (Å²) in [4.78, 5) is 38.8. The van der Waals surface area contributed by atoms with Crippen LogP contribution in [-0.2, 0) is 14.3 Å². The Morgan fingerprint density at radius 1 is 0.622 bits per heavy atom. The van der Waals surface area contributed by atoms with Crippen LogP contribution in [0.3, 0.4) is 0 Å². The Kier molecular flexibility index (Phi) is 22.2. The van der Waals surface area contributed by atoms with Crippen molar-refractivity contribution < 1.29 is 19.1 Å². The molecule has 3 amide bonds. The molecule has 0 spiro atoms. The van der Waals surface area contributed by atoms with Gasteiger partial charge >= 0.3 is 6.09 Å². The zero-order valence-electron chi connectivity index (χ0n) is 24.9. The van der Waals surface area contributed by atoms with Crippen molar-refractivity contribution in [2.75, 3.05) is 26.2 Å². The lowest BCUT2D eigenvalue weighted by molar-refractivity contribution is -0.136. The summed E-state index contributed by atoms with van der Waals surface area (Å²) in [7, 11) is 0. The molecule has 0 heterocycles. The van der Waals surface area contributed by atoms with Gasteiger partial charge in [0.2, 0.25) is 11.8 Å². The van der Waals surface area contributed by atoms with Crippen LogP contribution in [0.1, 0.15) is 144 Å². The summed E-state index contributed by atoms with van der Waals surface area (Å²) < 4.78 is 5.21. The lowest BCUT2D eigenvalue weighted by atomic mass is 10.1. The van der Waals surface area contributed by atoms with E-state index < -0.39 is 5.60 Å². The highest BCUT2D eigenvalue weighted by atomic mass is 16.6. The minimum atomic E-state index is -0.483. The molecule has 0 aromatic rings. The topological polar surface area (TPSA) is 87.7 Å². The summed E-state index contributed by atoms with van der Waals surface area (Å²) in [6.45, 7) is 12.7. The Bertz CT molecular complexity index is 574. The first-order valence-corrected chi connectivity index (χ1v) is 15.2. The molecule has 0 saturated carbocycles. The fraction of sp³-hybridized carbons (Fsp3) is 0.900. The molecule has 218 valence electrons. The van der Waals surface area contributed by atoms with Crippen molar-refractivity contribution >= 4 is 17.9 Å². The van der Waals surface area contributed by atoms with Crippen LogP contribution in [0.4, 0.5) is 4.79 Å². The molecule has 0 aliphatic heterocycles. The predicted octanol–water partition coefficient (Wildman–Crippen LogP) is 7.13. The molecule has 0 unspecified atom stereocenters. The minimum Gasteiger partial charge on any atom is -0.444 e. The third kappa shape index (κ3) is 24.3. The van der Waals surface area contributed by atoms with Gasteiger partial charge in [0.25, 0.3) is 0 Å². The number of ether oxygens (including phenoxy) is 1. The third-order valence-electron chi connectivity index (χ3n) is 6.32. The lowest BCUT2D eigenvalue weighted by Gasteiger charge is -2.23. The number of hydrogen-bond donors (Lipinski definition) is 2. The molecule has 0 aromatic carbocycles. The van der Waals surface area contributed by atoms with E-state index in [4.69, 9.17) is 4.74 Å². The number of unbranched alkanes of at least 4 members (excludes halogenated alkanes) is 13. The molecule has 0 rings (SSSR count). The van der Waals surface area contributed by atoms with E-state index in [9.17, 15) is 14.4 Å². The quantitative estimate of drug-likeness (QED) is 0.110. The summed E-state index contributed by atoms with van der Waals surface area (Å²) in [5.74, 6) is -0.208. The van der Waals surface area contributed by atoms with Crippen molar-refractivity contribution in [2.24, 2.45) is 0 Å². The van der Waals surface area contributed by atoms with E-state index in [1.165, 1.54) is 51.4 Å². The first-order chi connectivity index (χ1) is 17.7. The molecule has 0 saturated heterocycles. The van der Waals surface area contributed by atoms with E-state index in [2.05, 4.69) is 24.5 Å². The maximum absolute atomic E-state index is 12.9. The van der Waals surface area contributed by atoms with E-state index in [1.54, 1.807) is 0 Å². The average Bonchev–Trinajstić information content (AvgIpc) is 2.82. The monoisotopic (exact) mass is 525 g/mol. The van der Waals surface area contributed by atoms with Crippen LogP contribution in [0.15, 0.2) is 0 Å². The van der Waals surface area contributed by atoms with Crippen molar-refractivity contribution in [2.45, 2.75) is 149 Å². The molecular weight excluding hydrogens is 466 g/mol. The predicted molar refractivity (Wildman–Crippen MR) is 154 cm³/mol. The lowest BCUT2D eigenvalue weighted by Crippen LogP contribution is -2.37. The summed E-state index contributed by atoms with van der Waals surface area (Å²) in [6.07, 6.45) is 17.6. The van der Waals surface area contributed by atoms with Crippen molar-refractivity contribution in [1.29, 1.82) is 0 Å². The van der Waals surface area contributed by atoms with E-state index >= 15 is 0 Å². The molecule has 0 fully saturated rings. The Morgan fingerprint density at radius 2 is 1.05 bits per heavy atom. The van der Waals surface area contributed by atoms with Gasteiger partial charge in [-0.1, -0.05) is 90.9 Å². The Hall–Kier alpha value is -1.79. The minimum absolute atomic E-state index is 0.0344. The number of amides is 3. The number of carbonyl (C=O) groups excluding carboxylic acids is 3. The number of rotatable bonds is 23. The normalized spacial score (nSPS) is 11.3. The number of carbonyl (C=O) groups is 3. The van der Waals surface area contributed by atoms with Gasteiger partial charge in [0.1, 0.15) is 12.0 Å². The maximum atomic E-state index is 12.9. The fourth-order valence-electron chi connectivity index (χ4n) is 4.17. The molecule has 0 aliphatic carbocycles. The maximum Gasteiger partial charge on any atom is 0.407 e. The molecule has 0 radical (unpaired) electrons. The fourth-order valence-corrected chi connectivity index (χ4v) is 4.17. The molecule has 2 N–H and O–H groups in total. The summed E-state index contributed by atoms with van der Waals surface area (Å²) in [6, 6.07) is 0. The molecule has 0 aromatic heterocycles. The molecule has 7 heteroatoms. The summed E-state index contributed by atoms with van der Waals surface area (Å²) in [5, 5.41) is 5.67. The van der Waals surface area contributed by atoms with Gasteiger partial charge in [0, 0.05) is 26.2 Å². The Morgan fingerprint density at radius 3 is 1.54 bits per heavy atom. The second kappa shape index (κ2) is 23.3. The van der Waals surface area contributed by atoms with E-state index in [-0.39, 0.29) is 24.3 Å². The highest BCUT2D eigenvalue weighted by molar-refractivity contribution is 5.96. The van der Waals surface area contributed by atoms with Crippen LogP contribution in [0.25, 0.3) is 0 Å². The molecule has 0 atom stereocenters. The number of nitrogens with one attached hydrogen (secondary N) is 2. The first-order valence-electron chi connectivity index (χ1n) is 15.2. The van der Waals surface area contributed by atoms with Gasteiger partial charge < -0.3 is 20.3 Å². The van der Waals surface area contributed by atoms with Gasteiger partial charge in [-0.2, -0.15) is 0 Å². The molecule has 37 heavy (non-hydrogen) atoms. The van der Waals surface area contributed by atoms with Crippen LogP contribution in [0, 0.1) is 0 Å². The first kappa shape index (κ1) is 35.2. The van der Waals surface area contributed by atoms with Gasteiger partial charge in [-0.05, 0) is 46.5 Å². The van der Waals surface area contributed by atoms with Crippen LogP contribution in [0.5, 0.6) is 0 Å². The third-order valence-corrected chi connectivity index (χ3v) is 6.32. The standard InChI is InChI=1S/C30H59N3O4/c1-6-8-10-12-16-20-24-33(25-21-17-13-11-9-7-2)28(35)26-27(34)31-22-18-14-15-19-23-32-29(36)37-30(3,4)5/h6-26H2,1-5H3,(H,31,34)(H,32,36). The molecule has 0 bridgehead atoms. The largest absolute Gasteiger partial charge is 0.444 e. The average molecular weight is 526 g/mol. The van der Waals surface area contributed by atoms with Gasteiger partial charge in [-0.3, -0.25) is 9.59 Å². The molecule has 0 aliphatic rings. The smallest absolute Gasteiger partial charge is 0.407 e. The van der Waals surface area contributed by atoms with Crippen LogP contribution in [-0.4, -0.2) is 54.6 Å². The van der Waals surface area contributed by atoms with E-state index in [1.807, 2.05) is 25.7 Å². The second-order valence-electron chi connectivity index (χ2n) is 11.3. The highest BCUT2D eigenvalue weighted by Gasteiger charge is 2.17. The number of nitrogens with zero attached hydrogens (tertiary/aromatic N) is 1. The van der Waals surface area contributed by atoms with Crippen molar-refractivity contribution in [3.63, 3.8) is 0 Å².